The van der Waals surface area contributed by atoms with Crippen LogP contribution in [0.25, 0.3) is 46.3 Å². The molecular formula is C33H36N6. The molecule has 39 heavy (non-hydrogen) atoms. The van der Waals surface area contributed by atoms with E-state index >= 15 is 0 Å². The third-order valence-corrected chi connectivity index (χ3v) is 7.61. The molecule has 1 saturated carbocycles. The first-order valence-electron chi connectivity index (χ1n) is 13.7. The average Bonchev–Trinajstić information content (AvgIpc) is 3.57. The molecule has 0 amide bonds. The Labute approximate surface area is 229 Å². The van der Waals surface area contributed by atoms with Crippen LogP contribution in [0, 0.1) is 5.92 Å². The molecule has 0 radical (unpaired) electrons. The van der Waals surface area contributed by atoms with Gasteiger partial charge in [0.15, 0.2) is 5.82 Å². The summed E-state index contributed by atoms with van der Waals surface area (Å²) in [4.78, 5) is 16.8. The highest BCUT2D eigenvalue weighted by Crippen LogP contribution is 2.30. The van der Waals surface area contributed by atoms with Gasteiger partial charge in [-0.15, -0.1) is 0 Å². The molecule has 0 aliphatic heterocycles. The van der Waals surface area contributed by atoms with Crippen LogP contribution in [0.15, 0.2) is 84.5 Å². The fourth-order valence-electron chi connectivity index (χ4n) is 5.35. The van der Waals surface area contributed by atoms with Gasteiger partial charge in [-0.2, -0.15) is 5.10 Å². The van der Waals surface area contributed by atoms with Gasteiger partial charge in [0.25, 0.3) is 0 Å². The lowest BCUT2D eigenvalue weighted by molar-refractivity contribution is 0.358. The van der Waals surface area contributed by atoms with Crippen molar-refractivity contribution in [3.05, 3.63) is 95.1 Å². The molecule has 6 nitrogen and oxygen atoms in total. The molecule has 1 fully saturated rings. The van der Waals surface area contributed by atoms with Crippen molar-refractivity contribution in [2.75, 3.05) is 0 Å². The van der Waals surface area contributed by atoms with Crippen molar-refractivity contribution < 1.29 is 0 Å². The maximum absolute atomic E-state index is 4.86. The van der Waals surface area contributed by atoms with Crippen molar-refractivity contribution in [3.63, 3.8) is 0 Å². The summed E-state index contributed by atoms with van der Waals surface area (Å²) in [6, 6.07) is 3.91. The van der Waals surface area contributed by atoms with Gasteiger partial charge in [-0.05, 0) is 55.0 Å². The van der Waals surface area contributed by atoms with Crippen molar-refractivity contribution in [1.29, 1.82) is 0 Å². The molecule has 0 bridgehead atoms. The largest absolute Gasteiger partial charge is 0.335 e. The summed E-state index contributed by atoms with van der Waals surface area (Å²) in [5.41, 5.74) is 7.93. The van der Waals surface area contributed by atoms with E-state index in [1.165, 1.54) is 48.8 Å². The minimum absolute atomic E-state index is 0.653. The van der Waals surface area contributed by atoms with Gasteiger partial charge in [0, 0.05) is 34.9 Å². The summed E-state index contributed by atoms with van der Waals surface area (Å²) in [6.45, 7) is 12.6. The van der Waals surface area contributed by atoms with Crippen LogP contribution in [0.5, 0.6) is 0 Å². The monoisotopic (exact) mass is 516 g/mol. The molecule has 0 atom stereocenters. The number of rotatable bonds is 8. The highest BCUT2D eigenvalue weighted by molar-refractivity contribution is 5.92. The second-order valence-electron chi connectivity index (χ2n) is 10.3. The topological polar surface area (TPSA) is 83.1 Å². The van der Waals surface area contributed by atoms with Gasteiger partial charge in [0.1, 0.15) is 11.2 Å². The predicted octanol–water partition coefficient (Wildman–Crippen LogP) is 6.58. The molecule has 0 spiro atoms. The standard InChI is InChI=1S/C33H36N6/c1-5-24(17-25-11-8-7-9-12-25)18-26(6-2)22(3)14-15-29-23(4)31(39-38-29)33-36-30-21-35-20-28(32(30)37-33)27-13-10-16-34-19-27/h5-6,10,13-16,18-21,25,38H,1,4,7-9,11-12,17H2,2-3H3,(H,36,37)/b22-14+,24-18+,26-6+,29-15+. The van der Waals surface area contributed by atoms with Crippen LogP contribution in [0.3, 0.4) is 0 Å². The predicted molar refractivity (Wildman–Crippen MR) is 161 cm³/mol. The summed E-state index contributed by atoms with van der Waals surface area (Å²) >= 11 is 0. The van der Waals surface area contributed by atoms with E-state index in [0.717, 1.165) is 45.1 Å². The first kappa shape index (κ1) is 26.3. The number of nitrogens with zero attached hydrogens (tertiary/aromatic N) is 4. The Kier molecular flexibility index (Phi) is 8.11. The first-order valence-corrected chi connectivity index (χ1v) is 13.7. The van der Waals surface area contributed by atoms with E-state index < -0.39 is 0 Å². The van der Waals surface area contributed by atoms with Crippen LogP contribution < -0.4 is 10.6 Å². The zero-order valence-electron chi connectivity index (χ0n) is 22.9. The Morgan fingerprint density at radius 1 is 1.13 bits per heavy atom. The fourth-order valence-corrected chi connectivity index (χ4v) is 5.35. The number of nitrogens with one attached hydrogen (secondary N) is 2. The summed E-state index contributed by atoms with van der Waals surface area (Å²) < 4.78 is 0. The van der Waals surface area contributed by atoms with E-state index in [1.807, 2.05) is 36.7 Å². The maximum atomic E-state index is 4.86. The van der Waals surface area contributed by atoms with Crippen LogP contribution in [-0.2, 0) is 0 Å². The normalized spacial score (nSPS) is 16.3. The summed E-state index contributed by atoms with van der Waals surface area (Å²) in [5, 5.41) is 9.31. The van der Waals surface area contributed by atoms with Crippen LogP contribution in [0.1, 0.15) is 52.4 Å². The van der Waals surface area contributed by atoms with E-state index in [2.05, 4.69) is 70.4 Å². The minimum atomic E-state index is 0.653. The van der Waals surface area contributed by atoms with Gasteiger partial charge in [-0.1, -0.05) is 75.6 Å². The maximum Gasteiger partial charge on any atom is 0.159 e. The third-order valence-electron chi connectivity index (χ3n) is 7.61. The first-order chi connectivity index (χ1) is 19.1. The lowest BCUT2D eigenvalue weighted by atomic mass is 9.84. The molecule has 4 aromatic heterocycles. The highest BCUT2D eigenvalue weighted by atomic mass is 15.1. The van der Waals surface area contributed by atoms with Crippen molar-refractivity contribution >= 4 is 23.7 Å². The highest BCUT2D eigenvalue weighted by Gasteiger charge is 2.15. The van der Waals surface area contributed by atoms with Gasteiger partial charge in [0.05, 0.1) is 17.1 Å². The smallest absolute Gasteiger partial charge is 0.159 e. The van der Waals surface area contributed by atoms with Crippen LogP contribution in [-0.4, -0.2) is 30.1 Å². The van der Waals surface area contributed by atoms with Crippen molar-refractivity contribution in [1.82, 2.24) is 30.1 Å². The number of fused-ring (bicyclic) bond motifs is 1. The minimum Gasteiger partial charge on any atom is -0.335 e. The number of aromatic amines is 2. The molecule has 4 aromatic rings. The van der Waals surface area contributed by atoms with E-state index in [-0.39, 0.29) is 0 Å². The van der Waals surface area contributed by atoms with E-state index in [4.69, 9.17) is 4.98 Å². The molecular weight excluding hydrogens is 480 g/mol. The van der Waals surface area contributed by atoms with Crippen molar-refractivity contribution in [2.24, 2.45) is 5.92 Å². The molecule has 2 N–H and O–H groups in total. The van der Waals surface area contributed by atoms with Gasteiger partial charge >= 0.3 is 0 Å². The van der Waals surface area contributed by atoms with Gasteiger partial charge in [-0.3, -0.25) is 15.1 Å². The number of hydrogen-bond acceptors (Lipinski definition) is 4. The molecule has 0 aromatic carbocycles. The van der Waals surface area contributed by atoms with Crippen LogP contribution in [0.2, 0.25) is 0 Å². The van der Waals surface area contributed by atoms with Crippen LogP contribution >= 0.6 is 0 Å². The Hall–Kier alpha value is -4.32. The van der Waals surface area contributed by atoms with Gasteiger partial charge in [-0.25, -0.2) is 4.98 Å². The van der Waals surface area contributed by atoms with E-state index in [0.29, 0.717) is 11.5 Å². The zero-order chi connectivity index (χ0) is 27.2. The Balaban J connectivity index is 1.41. The lowest BCUT2D eigenvalue weighted by Gasteiger charge is -2.22. The molecule has 198 valence electrons. The summed E-state index contributed by atoms with van der Waals surface area (Å²) in [6.07, 6.45) is 25.6. The number of imidazole rings is 1. The molecule has 0 saturated heterocycles. The lowest BCUT2D eigenvalue weighted by Crippen LogP contribution is -2.21. The molecule has 5 rings (SSSR count). The van der Waals surface area contributed by atoms with E-state index in [1.54, 1.807) is 12.4 Å². The molecule has 1 aliphatic carbocycles. The SMILES string of the molecule is C=C\C(=C/C(=C\C)C(/C)=C/C=c1/[nH]nc(-c2nc3c(-c4cccnc4)cncc3[nH]2)c1=C)CC1CCCCC1. The Morgan fingerprint density at radius 3 is 2.72 bits per heavy atom. The quantitative estimate of drug-likeness (QED) is 0.259. The fraction of sp³-hybridized carbons (Fsp3) is 0.273. The number of pyridine rings is 2. The van der Waals surface area contributed by atoms with Gasteiger partial charge < -0.3 is 4.98 Å². The van der Waals surface area contributed by atoms with Crippen molar-refractivity contribution in [3.8, 4) is 22.6 Å². The van der Waals surface area contributed by atoms with Crippen LogP contribution in [0.4, 0.5) is 0 Å². The molecule has 4 heterocycles. The number of allylic oxidation sites excluding steroid dienone is 7. The zero-order valence-corrected chi connectivity index (χ0v) is 22.9. The van der Waals surface area contributed by atoms with Gasteiger partial charge in [0.2, 0.25) is 0 Å². The van der Waals surface area contributed by atoms with Crippen molar-refractivity contribution in [2.45, 2.75) is 52.4 Å². The average molecular weight is 517 g/mol. The van der Waals surface area contributed by atoms with E-state index in [9.17, 15) is 0 Å². The number of H-pyrrole nitrogens is 2. The molecule has 6 heteroatoms. The second kappa shape index (κ2) is 12.0. The third kappa shape index (κ3) is 5.90. The Bertz CT molecular complexity index is 1660. The number of aromatic nitrogens is 6. The second-order valence-corrected chi connectivity index (χ2v) is 10.3. The Morgan fingerprint density at radius 2 is 1.97 bits per heavy atom. The molecule has 0 unspecified atom stereocenters. The summed E-state index contributed by atoms with van der Waals surface area (Å²) in [5.74, 6) is 1.43. The molecule has 1 aliphatic rings. The number of hydrogen-bond donors (Lipinski definition) is 2. The summed E-state index contributed by atoms with van der Waals surface area (Å²) in [7, 11) is 0.